The minimum absolute atomic E-state index is 0.152. The lowest BCUT2D eigenvalue weighted by Gasteiger charge is -2.37. The van der Waals surface area contributed by atoms with Crippen LogP contribution in [0.25, 0.3) is 5.57 Å². The summed E-state index contributed by atoms with van der Waals surface area (Å²) in [5, 5.41) is 9.83. The Morgan fingerprint density at radius 1 is 1.25 bits per heavy atom. The molecule has 0 amide bonds. The van der Waals surface area contributed by atoms with Crippen LogP contribution in [0.5, 0.6) is 0 Å². The topological polar surface area (TPSA) is 20.2 Å². The largest absolute Gasteiger partial charge is 0.389 e. The fourth-order valence-corrected chi connectivity index (χ4v) is 4.10. The highest BCUT2D eigenvalue weighted by molar-refractivity contribution is 5.66. The van der Waals surface area contributed by atoms with Gasteiger partial charge in [-0.05, 0) is 78.8 Å². The first-order valence-corrected chi connectivity index (χ1v) is 8.95. The van der Waals surface area contributed by atoms with Gasteiger partial charge in [-0.1, -0.05) is 55.5 Å². The minimum Gasteiger partial charge on any atom is -0.389 e. The van der Waals surface area contributed by atoms with Gasteiger partial charge in [0.25, 0.3) is 0 Å². The van der Waals surface area contributed by atoms with E-state index in [-0.39, 0.29) is 5.41 Å². The molecule has 1 aliphatic carbocycles. The molecular weight excluding hydrogens is 292 g/mol. The number of fused-ring (bicyclic) bond motifs is 1. The maximum atomic E-state index is 9.83. The zero-order chi connectivity index (χ0) is 17.3. The van der Waals surface area contributed by atoms with Crippen LogP contribution < -0.4 is 0 Å². The van der Waals surface area contributed by atoms with Crippen molar-refractivity contribution in [3.8, 4) is 0 Å². The molecule has 126 valence electrons. The van der Waals surface area contributed by atoms with Gasteiger partial charge in [-0.2, -0.15) is 0 Å². The third-order valence-electron chi connectivity index (χ3n) is 5.47. The van der Waals surface area contributed by atoms with E-state index in [4.69, 9.17) is 0 Å². The second-order valence-electron chi connectivity index (χ2n) is 7.66. The van der Waals surface area contributed by atoms with E-state index < -0.39 is 6.10 Å². The lowest BCUT2D eigenvalue weighted by Crippen LogP contribution is -2.28. The first-order valence-electron chi connectivity index (χ1n) is 8.95. The third kappa shape index (κ3) is 3.32. The summed E-state index contributed by atoms with van der Waals surface area (Å²) in [5.74, 6) is 0. The van der Waals surface area contributed by atoms with Crippen molar-refractivity contribution in [2.24, 2.45) is 0 Å². The van der Waals surface area contributed by atoms with Crippen molar-refractivity contribution >= 4 is 5.57 Å². The predicted molar refractivity (Wildman–Crippen MR) is 102 cm³/mol. The molecule has 0 aliphatic heterocycles. The normalized spacial score (nSPS) is 21.2. The molecule has 0 bridgehead atoms. The quantitative estimate of drug-likeness (QED) is 0.761. The van der Waals surface area contributed by atoms with Crippen LogP contribution >= 0.6 is 0 Å². The monoisotopic (exact) mass is 320 g/mol. The Balaban J connectivity index is 1.88. The maximum absolute atomic E-state index is 9.83. The van der Waals surface area contributed by atoms with E-state index in [0.717, 1.165) is 23.1 Å². The van der Waals surface area contributed by atoms with Gasteiger partial charge in [-0.25, -0.2) is 0 Å². The Bertz CT molecular complexity index is 756. The molecule has 2 aromatic carbocycles. The Morgan fingerprint density at radius 3 is 2.79 bits per heavy atom. The summed E-state index contributed by atoms with van der Waals surface area (Å²) in [7, 11) is 0. The fourth-order valence-electron chi connectivity index (χ4n) is 4.10. The van der Waals surface area contributed by atoms with Crippen LogP contribution in [0.15, 0.2) is 49.0 Å². The summed E-state index contributed by atoms with van der Waals surface area (Å²) in [6.07, 6.45) is 4.17. The summed E-state index contributed by atoms with van der Waals surface area (Å²) >= 11 is 0. The smallest absolute Gasteiger partial charge is 0.0762 e. The molecule has 1 N–H and O–H groups in total. The number of aryl methyl sites for hydroxylation is 2. The molecule has 0 aromatic heterocycles. The van der Waals surface area contributed by atoms with E-state index in [9.17, 15) is 5.11 Å². The van der Waals surface area contributed by atoms with Gasteiger partial charge in [-0.15, -0.1) is 0 Å². The summed E-state index contributed by atoms with van der Waals surface area (Å²) in [5.41, 5.74) is 7.77. The van der Waals surface area contributed by atoms with Gasteiger partial charge in [0.05, 0.1) is 6.10 Å². The first kappa shape index (κ1) is 17.0. The Kier molecular flexibility index (Phi) is 4.64. The van der Waals surface area contributed by atoms with Crippen molar-refractivity contribution in [1.82, 2.24) is 0 Å². The molecule has 0 radical (unpaired) electrons. The molecule has 1 heteroatoms. The van der Waals surface area contributed by atoms with Gasteiger partial charge in [-0.3, -0.25) is 0 Å². The van der Waals surface area contributed by atoms with Gasteiger partial charge >= 0.3 is 0 Å². The van der Waals surface area contributed by atoms with Crippen LogP contribution in [-0.4, -0.2) is 5.11 Å². The van der Waals surface area contributed by atoms with Crippen LogP contribution in [0, 0.1) is 6.92 Å². The molecule has 24 heavy (non-hydrogen) atoms. The van der Waals surface area contributed by atoms with Gasteiger partial charge < -0.3 is 5.11 Å². The van der Waals surface area contributed by atoms with Crippen molar-refractivity contribution in [2.75, 3.05) is 0 Å². The highest BCUT2D eigenvalue weighted by Crippen LogP contribution is 2.43. The van der Waals surface area contributed by atoms with Gasteiger partial charge in [0, 0.05) is 0 Å². The molecule has 1 nitrogen and oxygen atoms in total. The zero-order valence-corrected chi connectivity index (χ0v) is 15.1. The van der Waals surface area contributed by atoms with Gasteiger partial charge in [0.15, 0.2) is 0 Å². The molecule has 0 heterocycles. The van der Waals surface area contributed by atoms with E-state index >= 15 is 0 Å². The molecule has 0 saturated heterocycles. The average Bonchev–Trinajstić information content (AvgIpc) is 2.54. The minimum atomic E-state index is -0.438. The molecule has 0 fully saturated rings. The molecular formula is C23H28O. The standard InChI is InChI=1S/C23H28O/c1-16-10-11-22-21(13-16)9-6-12-23(22,4)15-17(2)19-7-5-8-20(14-19)18(3)24/h5,7-8,10-11,13-14,18,24H,2,6,9,12,15H2,1,3-4H3/t18?,23-/m0/s1. The Hall–Kier alpha value is -1.86. The second kappa shape index (κ2) is 6.57. The third-order valence-corrected chi connectivity index (χ3v) is 5.47. The number of aliphatic hydroxyl groups is 1. The average molecular weight is 320 g/mol. The van der Waals surface area contributed by atoms with Crippen molar-refractivity contribution in [1.29, 1.82) is 0 Å². The van der Waals surface area contributed by atoms with Gasteiger partial charge in [0.2, 0.25) is 0 Å². The molecule has 1 unspecified atom stereocenters. The number of rotatable bonds is 4. The van der Waals surface area contributed by atoms with Crippen molar-refractivity contribution in [3.63, 3.8) is 0 Å². The molecule has 2 aromatic rings. The van der Waals surface area contributed by atoms with Crippen LogP contribution in [0.1, 0.15) is 67.0 Å². The summed E-state index contributed by atoms with van der Waals surface area (Å²) < 4.78 is 0. The number of hydrogen-bond acceptors (Lipinski definition) is 1. The molecule has 1 aliphatic rings. The van der Waals surface area contributed by atoms with E-state index in [2.05, 4.69) is 50.8 Å². The number of hydrogen-bond donors (Lipinski definition) is 1. The fraction of sp³-hybridized carbons (Fsp3) is 0.391. The zero-order valence-electron chi connectivity index (χ0n) is 15.1. The molecule has 0 saturated carbocycles. The van der Waals surface area contributed by atoms with E-state index in [1.54, 1.807) is 0 Å². The SMILES string of the molecule is C=C(C[C@]1(C)CCCc2cc(C)ccc21)c1cccc(C(C)O)c1. The lowest BCUT2D eigenvalue weighted by atomic mass is 9.67. The summed E-state index contributed by atoms with van der Waals surface area (Å²) in [6, 6.07) is 15.1. The first-order chi connectivity index (χ1) is 11.4. The van der Waals surface area contributed by atoms with Crippen LogP contribution in [0.2, 0.25) is 0 Å². The van der Waals surface area contributed by atoms with Gasteiger partial charge in [0.1, 0.15) is 0 Å². The molecule has 3 rings (SSSR count). The van der Waals surface area contributed by atoms with Crippen LogP contribution in [-0.2, 0) is 11.8 Å². The van der Waals surface area contributed by atoms with Crippen LogP contribution in [0.4, 0.5) is 0 Å². The summed E-state index contributed by atoms with van der Waals surface area (Å²) in [6.45, 7) is 10.7. The second-order valence-corrected chi connectivity index (χ2v) is 7.66. The summed E-state index contributed by atoms with van der Waals surface area (Å²) in [4.78, 5) is 0. The lowest BCUT2D eigenvalue weighted by molar-refractivity contribution is 0.199. The highest BCUT2D eigenvalue weighted by atomic mass is 16.3. The number of benzene rings is 2. The molecule has 2 atom stereocenters. The Labute approximate surface area is 146 Å². The van der Waals surface area contributed by atoms with E-state index in [0.29, 0.717) is 0 Å². The van der Waals surface area contributed by atoms with Crippen molar-refractivity contribution < 1.29 is 5.11 Å². The highest BCUT2D eigenvalue weighted by Gasteiger charge is 2.32. The number of aliphatic hydroxyl groups excluding tert-OH is 1. The maximum Gasteiger partial charge on any atom is 0.0762 e. The predicted octanol–water partition coefficient (Wildman–Crippen LogP) is 5.75. The molecule has 0 spiro atoms. The van der Waals surface area contributed by atoms with Crippen molar-refractivity contribution in [2.45, 2.75) is 58.0 Å². The number of allylic oxidation sites excluding steroid dienone is 1. The Morgan fingerprint density at radius 2 is 2.04 bits per heavy atom. The van der Waals surface area contributed by atoms with E-state index in [1.165, 1.54) is 36.0 Å². The van der Waals surface area contributed by atoms with E-state index in [1.807, 2.05) is 19.1 Å². The van der Waals surface area contributed by atoms with Crippen LogP contribution in [0.3, 0.4) is 0 Å². The van der Waals surface area contributed by atoms with Crippen molar-refractivity contribution in [3.05, 3.63) is 76.9 Å².